The molecule has 2 aliphatic carbocycles. The van der Waals surface area contributed by atoms with E-state index < -0.39 is 0 Å². The Morgan fingerprint density at radius 3 is 2.81 bits per heavy atom. The number of carbonyl (C=O) groups excluding carboxylic acids is 1. The fourth-order valence-electron chi connectivity index (χ4n) is 3.98. The third-order valence-electron chi connectivity index (χ3n) is 5.05. The van der Waals surface area contributed by atoms with Crippen molar-refractivity contribution in [1.29, 1.82) is 5.41 Å². The van der Waals surface area contributed by atoms with Gasteiger partial charge in [-0.15, -0.1) is 12.4 Å². The number of rotatable bonds is 5. The summed E-state index contributed by atoms with van der Waals surface area (Å²) in [5, 5.41) is 8.24. The van der Waals surface area contributed by atoms with Gasteiger partial charge in [0.2, 0.25) is 0 Å². The number of benzene rings is 1. The largest absolute Gasteiger partial charge is 0.484 e. The van der Waals surface area contributed by atoms with Gasteiger partial charge in [-0.3, -0.25) is 10.2 Å². The first kappa shape index (κ1) is 21.0. The van der Waals surface area contributed by atoms with Gasteiger partial charge in [0.15, 0.2) is 5.78 Å². The first-order chi connectivity index (χ1) is 11.9. The van der Waals surface area contributed by atoms with Crippen LogP contribution >= 0.6 is 35.6 Å². The lowest BCUT2D eigenvalue weighted by Crippen LogP contribution is -2.33. The molecule has 0 heterocycles. The SMILES string of the molecule is CCCC12CCC(=O)C=C1c1c(cc(OCC(=N)NN)c(Cl)c1Cl)C2.Cl. The first-order valence-electron chi connectivity index (χ1n) is 8.35. The van der Waals surface area contributed by atoms with E-state index in [1.165, 1.54) is 0 Å². The molecule has 1 aromatic rings. The summed E-state index contributed by atoms with van der Waals surface area (Å²) in [4.78, 5) is 12.0. The van der Waals surface area contributed by atoms with Crippen LogP contribution in [0.15, 0.2) is 12.1 Å². The van der Waals surface area contributed by atoms with E-state index in [9.17, 15) is 4.79 Å². The Labute approximate surface area is 169 Å². The van der Waals surface area contributed by atoms with E-state index in [0.29, 0.717) is 22.2 Å². The van der Waals surface area contributed by atoms with Gasteiger partial charge < -0.3 is 10.2 Å². The minimum Gasteiger partial charge on any atom is -0.484 e. The van der Waals surface area contributed by atoms with Gasteiger partial charge >= 0.3 is 0 Å². The number of hydrazine groups is 1. The Hall–Kier alpha value is -1.27. The number of nitrogens with two attached hydrogens (primary N) is 1. The van der Waals surface area contributed by atoms with Crippen molar-refractivity contribution in [3.05, 3.63) is 33.3 Å². The number of carbonyl (C=O) groups is 1. The molecule has 4 N–H and O–H groups in total. The number of fused-ring (bicyclic) bond motifs is 3. The van der Waals surface area contributed by atoms with Gasteiger partial charge in [-0.2, -0.15) is 0 Å². The highest BCUT2D eigenvalue weighted by atomic mass is 35.5. The minimum atomic E-state index is -0.0396. The second kappa shape index (κ2) is 8.17. The summed E-state index contributed by atoms with van der Waals surface area (Å²) in [6.45, 7) is 2.13. The molecular weight excluding hydrogens is 397 g/mol. The van der Waals surface area contributed by atoms with E-state index >= 15 is 0 Å². The van der Waals surface area contributed by atoms with Crippen LogP contribution in [0.25, 0.3) is 5.57 Å². The monoisotopic (exact) mass is 417 g/mol. The molecule has 0 aliphatic heterocycles. The van der Waals surface area contributed by atoms with Crippen LogP contribution in [0.3, 0.4) is 0 Å². The Balaban J connectivity index is 0.00000243. The quantitative estimate of drug-likeness (QED) is 0.287. The van der Waals surface area contributed by atoms with E-state index in [4.69, 9.17) is 39.2 Å². The summed E-state index contributed by atoms with van der Waals surface area (Å²) in [5.41, 5.74) is 5.14. The van der Waals surface area contributed by atoms with Crippen molar-refractivity contribution in [2.45, 2.75) is 39.0 Å². The molecule has 142 valence electrons. The van der Waals surface area contributed by atoms with E-state index in [2.05, 4.69) is 12.3 Å². The van der Waals surface area contributed by atoms with Crippen LogP contribution < -0.4 is 16.0 Å². The Bertz CT molecular complexity index is 779. The fourth-order valence-corrected chi connectivity index (χ4v) is 4.50. The molecule has 1 aromatic carbocycles. The minimum absolute atomic E-state index is 0. The lowest BCUT2D eigenvalue weighted by atomic mass is 9.70. The Kier molecular flexibility index (Phi) is 6.61. The van der Waals surface area contributed by atoms with Crippen LogP contribution in [0.2, 0.25) is 10.0 Å². The van der Waals surface area contributed by atoms with Crippen molar-refractivity contribution >= 4 is 52.8 Å². The molecule has 0 spiro atoms. The molecular formula is C18H22Cl3N3O2. The van der Waals surface area contributed by atoms with Crippen molar-refractivity contribution in [1.82, 2.24) is 5.43 Å². The maximum Gasteiger partial charge on any atom is 0.156 e. The topological polar surface area (TPSA) is 88.2 Å². The lowest BCUT2D eigenvalue weighted by molar-refractivity contribution is -0.115. The predicted octanol–water partition coefficient (Wildman–Crippen LogP) is 4.32. The average molecular weight is 419 g/mol. The highest BCUT2D eigenvalue weighted by Crippen LogP contribution is 2.58. The van der Waals surface area contributed by atoms with Crippen molar-refractivity contribution in [2.75, 3.05) is 6.61 Å². The summed E-state index contributed by atoms with van der Waals surface area (Å²) in [6, 6.07) is 1.88. The zero-order valence-corrected chi connectivity index (χ0v) is 16.8. The number of ether oxygens (including phenoxy) is 1. The summed E-state index contributed by atoms with van der Waals surface area (Å²) < 4.78 is 5.59. The van der Waals surface area contributed by atoms with Gasteiger partial charge in [-0.1, -0.05) is 36.5 Å². The standard InChI is InChI=1S/C18H21Cl2N3O2.ClH/c1-2-4-18-5-3-11(24)7-12(18)15-10(8-18)6-13(16(19)17(15)20)25-9-14(21)23-22;/h6-7H,2-5,8-9,22H2,1H3,(H2,21,23);1H. The first-order valence-corrected chi connectivity index (χ1v) is 9.10. The predicted molar refractivity (Wildman–Crippen MR) is 108 cm³/mol. The molecule has 2 aliphatic rings. The van der Waals surface area contributed by atoms with Crippen LogP contribution in [0.4, 0.5) is 0 Å². The summed E-state index contributed by atoms with van der Waals surface area (Å²) in [6.07, 6.45) is 6.04. The molecule has 26 heavy (non-hydrogen) atoms. The zero-order valence-electron chi connectivity index (χ0n) is 14.5. The molecule has 1 atom stereocenters. The number of hydrogen-bond acceptors (Lipinski definition) is 4. The smallest absolute Gasteiger partial charge is 0.156 e. The van der Waals surface area contributed by atoms with Crippen molar-refractivity contribution < 1.29 is 9.53 Å². The number of halogens is 3. The van der Waals surface area contributed by atoms with E-state index in [1.54, 1.807) is 6.08 Å². The van der Waals surface area contributed by atoms with Gasteiger partial charge in [-0.25, -0.2) is 5.84 Å². The van der Waals surface area contributed by atoms with Gasteiger partial charge in [0.25, 0.3) is 0 Å². The highest BCUT2D eigenvalue weighted by Gasteiger charge is 2.45. The number of nitrogens with one attached hydrogen (secondary N) is 2. The van der Waals surface area contributed by atoms with E-state index in [-0.39, 0.29) is 36.0 Å². The van der Waals surface area contributed by atoms with Crippen molar-refractivity contribution in [3.8, 4) is 5.75 Å². The molecule has 0 aromatic heterocycles. The highest BCUT2D eigenvalue weighted by molar-refractivity contribution is 6.44. The third kappa shape index (κ3) is 3.58. The van der Waals surface area contributed by atoms with Gasteiger partial charge in [0.1, 0.15) is 23.2 Å². The molecule has 8 heteroatoms. The summed E-state index contributed by atoms with van der Waals surface area (Å²) >= 11 is 13.0. The molecule has 0 fully saturated rings. The number of amidine groups is 1. The molecule has 1 unspecified atom stereocenters. The second-order valence-electron chi connectivity index (χ2n) is 6.68. The van der Waals surface area contributed by atoms with Gasteiger partial charge in [-0.05, 0) is 42.5 Å². The summed E-state index contributed by atoms with van der Waals surface area (Å²) in [5.74, 6) is 5.80. The molecule has 0 radical (unpaired) electrons. The molecule has 0 saturated heterocycles. The average Bonchev–Trinajstić information content (AvgIpc) is 2.90. The molecule has 0 bridgehead atoms. The van der Waals surface area contributed by atoms with Crippen molar-refractivity contribution in [2.24, 2.45) is 11.3 Å². The number of ketones is 1. The fraction of sp³-hybridized carbons (Fsp3) is 0.444. The molecule has 0 amide bonds. The molecule has 0 saturated carbocycles. The zero-order chi connectivity index (χ0) is 18.2. The van der Waals surface area contributed by atoms with Crippen LogP contribution in [0.1, 0.15) is 43.7 Å². The Morgan fingerprint density at radius 2 is 2.15 bits per heavy atom. The van der Waals surface area contributed by atoms with Crippen LogP contribution in [0.5, 0.6) is 5.75 Å². The molecule has 3 rings (SSSR count). The van der Waals surface area contributed by atoms with Gasteiger partial charge in [0.05, 0.1) is 5.02 Å². The maximum atomic E-state index is 12.0. The maximum absolute atomic E-state index is 12.0. The number of allylic oxidation sites excluding steroid dienone is 2. The normalized spacial score (nSPS) is 20.6. The van der Waals surface area contributed by atoms with E-state index in [1.807, 2.05) is 6.07 Å². The van der Waals surface area contributed by atoms with Crippen LogP contribution in [-0.4, -0.2) is 18.2 Å². The van der Waals surface area contributed by atoms with Crippen LogP contribution in [0, 0.1) is 10.8 Å². The van der Waals surface area contributed by atoms with Crippen molar-refractivity contribution in [3.63, 3.8) is 0 Å². The third-order valence-corrected chi connectivity index (χ3v) is 5.90. The summed E-state index contributed by atoms with van der Waals surface area (Å²) in [7, 11) is 0. The van der Waals surface area contributed by atoms with E-state index in [0.717, 1.165) is 42.4 Å². The van der Waals surface area contributed by atoms with Crippen LogP contribution in [-0.2, 0) is 11.2 Å². The van der Waals surface area contributed by atoms with Gasteiger partial charge in [0, 0.05) is 17.4 Å². The lowest BCUT2D eigenvalue weighted by Gasteiger charge is -2.33. The Morgan fingerprint density at radius 1 is 1.42 bits per heavy atom. The second-order valence-corrected chi connectivity index (χ2v) is 7.44. The molecule has 5 nitrogen and oxygen atoms in total. The number of hydrogen-bond donors (Lipinski definition) is 3.